The summed E-state index contributed by atoms with van der Waals surface area (Å²) in [6.45, 7) is 6.21. The smallest absolute Gasteiger partial charge is 0.235 e. The van der Waals surface area contributed by atoms with Gasteiger partial charge in [0.2, 0.25) is 5.91 Å². The number of hydrogen-bond acceptors (Lipinski definition) is 9. The monoisotopic (exact) mass is 512 g/mol. The zero-order valence-electron chi connectivity index (χ0n) is 21.5. The molecule has 5 rings (SSSR count). The number of benzene rings is 1. The van der Waals surface area contributed by atoms with E-state index < -0.39 is 76.4 Å². The minimum absolute atomic E-state index is 0.219. The Morgan fingerprint density at radius 3 is 2.38 bits per heavy atom. The lowest BCUT2D eigenvalue weighted by Gasteiger charge is -2.56. The normalized spacial score (nSPS) is 38.3. The number of aliphatic hydroxyl groups excluding tert-OH is 1. The van der Waals surface area contributed by atoms with E-state index in [-0.39, 0.29) is 11.0 Å². The lowest BCUT2D eigenvalue weighted by atomic mass is 9.49. The second-order valence-electron chi connectivity index (χ2n) is 11.8. The molecular weight excluding hydrogens is 480 g/mol. The third-order valence-corrected chi connectivity index (χ3v) is 9.17. The molecule has 0 aromatic heterocycles. The number of carbonyl (C=O) groups excluding carboxylic acids is 5. The molecule has 198 valence electrons. The average molecular weight is 513 g/mol. The Kier molecular flexibility index (Phi) is 5.57. The first-order chi connectivity index (χ1) is 17.2. The Morgan fingerprint density at radius 2 is 1.78 bits per heavy atom. The molecule has 10 nitrogen and oxygen atoms in total. The van der Waals surface area contributed by atoms with E-state index in [1.165, 1.54) is 19.0 Å². The molecule has 4 N–H and O–H groups in total. The summed E-state index contributed by atoms with van der Waals surface area (Å²) >= 11 is 0. The van der Waals surface area contributed by atoms with Crippen LogP contribution < -0.4 is 10.5 Å². The molecular formula is C27H32N2O8. The molecule has 0 radical (unpaired) electrons. The molecule has 1 amide bonds. The first kappa shape index (κ1) is 25.7. The summed E-state index contributed by atoms with van der Waals surface area (Å²) in [5.74, 6) is -11.7. The molecule has 0 saturated heterocycles. The summed E-state index contributed by atoms with van der Waals surface area (Å²) in [6.07, 6.45) is -0.848. The Balaban J connectivity index is 1.72. The number of primary amides is 1. The lowest BCUT2D eigenvalue weighted by molar-refractivity contribution is -0.196. The molecule has 1 heterocycles. The zero-order valence-corrected chi connectivity index (χ0v) is 21.5. The number of rotatable bonds is 2. The number of amides is 1. The molecule has 2 saturated carbocycles. The number of ketones is 4. The molecule has 1 aromatic carbocycles. The van der Waals surface area contributed by atoms with Gasteiger partial charge in [0.1, 0.15) is 5.75 Å². The molecule has 4 aliphatic rings. The van der Waals surface area contributed by atoms with Crippen molar-refractivity contribution in [2.75, 3.05) is 20.7 Å². The number of aliphatic hydroxyl groups is 2. The quantitative estimate of drug-likeness (QED) is 0.453. The number of Topliss-reactive ketones (excluding diaryl/α,β-unsaturated/α-hetero) is 4. The van der Waals surface area contributed by atoms with Crippen LogP contribution in [0.15, 0.2) is 12.1 Å². The number of carbonyl (C=O) groups is 5. The fourth-order valence-corrected chi connectivity index (χ4v) is 7.20. The number of nitrogens with zero attached hydrogens (tertiary/aromatic N) is 1. The highest BCUT2D eigenvalue weighted by molar-refractivity contribution is 6.32. The van der Waals surface area contributed by atoms with Crippen LogP contribution in [0.4, 0.5) is 0 Å². The van der Waals surface area contributed by atoms with Gasteiger partial charge in [-0.15, -0.1) is 0 Å². The Labute approximate surface area is 214 Å². The minimum atomic E-state index is -2.94. The summed E-state index contributed by atoms with van der Waals surface area (Å²) in [5, 5.41) is 23.4. The van der Waals surface area contributed by atoms with Gasteiger partial charge in [0.25, 0.3) is 0 Å². The van der Waals surface area contributed by atoms with Gasteiger partial charge in [-0.25, -0.2) is 0 Å². The van der Waals surface area contributed by atoms with Crippen molar-refractivity contribution in [2.24, 2.45) is 29.4 Å². The maximum Gasteiger partial charge on any atom is 0.235 e. The van der Waals surface area contributed by atoms with E-state index in [1.54, 1.807) is 6.92 Å². The van der Waals surface area contributed by atoms with Gasteiger partial charge in [0, 0.05) is 11.5 Å². The molecule has 10 heteroatoms. The van der Waals surface area contributed by atoms with E-state index in [9.17, 15) is 34.2 Å². The Morgan fingerprint density at radius 1 is 1.14 bits per heavy atom. The topological polar surface area (TPSA) is 164 Å². The highest BCUT2D eigenvalue weighted by Gasteiger charge is 2.73. The van der Waals surface area contributed by atoms with Crippen molar-refractivity contribution in [3.05, 3.63) is 28.8 Å². The van der Waals surface area contributed by atoms with E-state index >= 15 is 0 Å². The largest absolute Gasteiger partial charge is 0.492 e. The molecule has 2 unspecified atom stereocenters. The maximum atomic E-state index is 14.1. The number of hydrogen-bond donors (Lipinski definition) is 3. The molecule has 8 atom stereocenters. The summed E-state index contributed by atoms with van der Waals surface area (Å²) in [5.41, 5.74) is 3.77. The lowest BCUT2D eigenvalue weighted by Crippen LogP contribution is -2.77. The van der Waals surface area contributed by atoms with Crippen LogP contribution in [0.2, 0.25) is 0 Å². The zero-order chi connectivity index (χ0) is 27.4. The second-order valence-corrected chi connectivity index (χ2v) is 11.8. The van der Waals surface area contributed by atoms with Crippen LogP contribution in [0.5, 0.6) is 5.75 Å². The van der Waals surface area contributed by atoms with Crippen LogP contribution in [-0.4, -0.2) is 82.6 Å². The van der Waals surface area contributed by atoms with Gasteiger partial charge in [-0.3, -0.25) is 28.9 Å². The molecule has 0 bridgehead atoms. The fourth-order valence-electron chi connectivity index (χ4n) is 7.20. The van der Waals surface area contributed by atoms with Gasteiger partial charge in [0.05, 0.1) is 36.2 Å². The standard InChI is InChI=1S/C27H32N2O8/c1-10-11-6-7-12-22(37-9-8-26(12,2)3)14(11)19(30)15-13(10)20(31)17-18(29(4)5)21(32)16(25(28)35)24(34)27(17,36)23(15)33/h6-7,10,13,15-18,20,31,36H,8-9H2,1-5H3,(H2,28,35)/t10-,13+,15?,16?,17+,18-,20-,27-/m1/s1. The second kappa shape index (κ2) is 8.02. The van der Waals surface area contributed by atoms with Crippen molar-refractivity contribution in [1.29, 1.82) is 0 Å². The van der Waals surface area contributed by atoms with E-state index in [4.69, 9.17) is 10.5 Å². The molecule has 1 aliphatic heterocycles. The molecule has 37 heavy (non-hydrogen) atoms. The third-order valence-electron chi connectivity index (χ3n) is 9.17. The molecule has 2 fully saturated rings. The maximum absolute atomic E-state index is 14.1. The highest BCUT2D eigenvalue weighted by Crippen LogP contribution is 2.55. The summed E-state index contributed by atoms with van der Waals surface area (Å²) in [7, 11) is 2.96. The van der Waals surface area contributed by atoms with Gasteiger partial charge in [-0.05, 0) is 37.4 Å². The van der Waals surface area contributed by atoms with E-state index in [1.807, 2.05) is 26.0 Å². The van der Waals surface area contributed by atoms with Crippen LogP contribution in [0.3, 0.4) is 0 Å². The van der Waals surface area contributed by atoms with Crippen LogP contribution in [0, 0.1) is 23.7 Å². The number of likely N-dealkylation sites (N-methyl/N-ethyl adjacent to an activating group) is 1. The molecule has 1 aromatic rings. The molecule has 0 spiro atoms. The molecule has 3 aliphatic carbocycles. The van der Waals surface area contributed by atoms with Crippen LogP contribution in [0.1, 0.15) is 54.6 Å². The van der Waals surface area contributed by atoms with E-state index in [0.29, 0.717) is 17.9 Å². The fraction of sp³-hybridized carbons (Fsp3) is 0.593. The van der Waals surface area contributed by atoms with E-state index in [0.717, 1.165) is 12.0 Å². The van der Waals surface area contributed by atoms with Crippen molar-refractivity contribution in [3.63, 3.8) is 0 Å². The van der Waals surface area contributed by atoms with Crippen LogP contribution in [0.25, 0.3) is 0 Å². The number of nitrogens with two attached hydrogens (primary N) is 1. The summed E-state index contributed by atoms with van der Waals surface area (Å²) in [6, 6.07) is 2.36. The van der Waals surface area contributed by atoms with Crippen molar-refractivity contribution in [1.82, 2.24) is 4.90 Å². The Bertz CT molecular complexity index is 1270. The Hall–Kier alpha value is -2.95. The van der Waals surface area contributed by atoms with Crippen molar-refractivity contribution in [2.45, 2.75) is 56.3 Å². The van der Waals surface area contributed by atoms with Gasteiger partial charge in [-0.2, -0.15) is 0 Å². The minimum Gasteiger partial charge on any atom is -0.492 e. The van der Waals surface area contributed by atoms with Gasteiger partial charge in [-0.1, -0.05) is 32.9 Å². The number of fused-ring (bicyclic) bond motifs is 5. The third kappa shape index (κ3) is 3.12. The van der Waals surface area contributed by atoms with Crippen molar-refractivity contribution in [3.8, 4) is 5.75 Å². The highest BCUT2D eigenvalue weighted by atomic mass is 16.5. The van der Waals surface area contributed by atoms with Crippen molar-refractivity contribution >= 4 is 29.0 Å². The van der Waals surface area contributed by atoms with Crippen molar-refractivity contribution < 1.29 is 38.9 Å². The first-order valence-corrected chi connectivity index (χ1v) is 12.5. The average Bonchev–Trinajstić information content (AvgIpc) is 2.80. The first-order valence-electron chi connectivity index (χ1n) is 12.5. The SMILES string of the molecule is C[C@@H]1c2ccc3c(c2C(=O)C2C(=O)[C@@]4(O)C(=O)C(C(N)=O)C(=O)[C@H](N(C)C)[C@H]4[C@H](O)[C@H]21)OCCC3(C)C. The van der Waals surface area contributed by atoms with Crippen LogP contribution >= 0.6 is 0 Å². The van der Waals surface area contributed by atoms with E-state index in [2.05, 4.69) is 0 Å². The summed E-state index contributed by atoms with van der Waals surface area (Å²) in [4.78, 5) is 68.2. The predicted octanol–water partition coefficient (Wildman–Crippen LogP) is -0.247. The number of ether oxygens (including phenoxy) is 1. The van der Waals surface area contributed by atoms with Gasteiger partial charge in [0.15, 0.2) is 34.7 Å². The van der Waals surface area contributed by atoms with Gasteiger partial charge >= 0.3 is 0 Å². The summed E-state index contributed by atoms with van der Waals surface area (Å²) < 4.78 is 5.95. The predicted molar refractivity (Wildman–Crippen MR) is 129 cm³/mol. The van der Waals surface area contributed by atoms with Gasteiger partial charge < -0.3 is 20.7 Å². The van der Waals surface area contributed by atoms with Crippen LogP contribution in [-0.2, 0) is 24.6 Å².